The van der Waals surface area contributed by atoms with Crippen molar-refractivity contribution >= 4 is 11.6 Å². The Hall–Kier alpha value is -2.70. The quantitative estimate of drug-likeness (QED) is 0.735. The molecule has 0 unspecified atom stereocenters. The predicted octanol–water partition coefficient (Wildman–Crippen LogP) is 1.86. The summed E-state index contributed by atoms with van der Waals surface area (Å²) in [6.45, 7) is 4.17. The Morgan fingerprint density at radius 1 is 1.32 bits per heavy atom. The zero-order chi connectivity index (χ0) is 15.7. The Kier molecular flexibility index (Phi) is 3.62. The monoisotopic (exact) mass is 299 g/mol. The van der Waals surface area contributed by atoms with E-state index in [1.165, 1.54) is 4.90 Å². The normalized spacial score (nSPS) is 11.0. The number of pyridine rings is 1. The van der Waals surface area contributed by atoms with Crippen molar-refractivity contribution in [1.82, 2.24) is 24.5 Å². The molecule has 0 saturated heterocycles. The third-order valence-electron chi connectivity index (χ3n) is 3.45. The van der Waals surface area contributed by atoms with Gasteiger partial charge in [0, 0.05) is 25.4 Å². The van der Waals surface area contributed by atoms with Crippen LogP contribution in [0.4, 0.5) is 0 Å². The van der Waals surface area contributed by atoms with E-state index >= 15 is 0 Å². The Bertz CT molecular complexity index is 820. The van der Waals surface area contributed by atoms with Crippen molar-refractivity contribution in [2.45, 2.75) is 26.8 Å². The molecule has 22 heavy (non-hydrogen) atoms. The number of carbonyl (C=O) groups excluding carboxylic acids is 1. The lowest BCUT2D eigenvalue weighted by Gasteiger charge is -2.12. The molecule has 0 spiro atoms. The van der Waals surface area contributed by atoms with Crippen LogP contribution >= 0.6 is 0 Å². The molecule has 0 atom stereocenters. The number of carbonyl (C=O) groups is 1. The van der Waals surface area contributed by atoms with Crippen molar-refractivity contribution in [2.24, 2.45) is 0 Å². The van der Waals surface area contributed by atoms with Gasteiger partial charge in [-0.15, -0.1) is 10.2 Å². The molecule has 3 rings (SSSR count). The first-order chi connectivity index (χ1) is 10.6. The van der Waals surface area contributed by atoms with Gasteiger partial charge in [-0.25, -0.2) is 4.98 Å². The highest BCUT2D eigenvalue weighted by Gasteiger charge is 2.18. The molecule has 7 heteroatoms. The van der Waals surface area contributed by atoms with Crippen LogP contribution in [0.15, 0.2) is 28.8 Å². The highest BCUT2D eigenvalue weighted by molar-refractivity contribution is 5.92. The number of amides is 1. The lowest BCUT2D eigenvalue weighted by molar-refractivity contribution is 0.0767. The summed E-state index contributed by atoms with van der Waals surface area (Å²) in [5.74, 6) is 0.811. The molecule has 0 fully saturated rings. The highest BCUT2D eigenvalue weighted by Crippen LogP contribution is 2.11. The summed E-state index contributed by atoms with van der Waals surface area (Å²) < 4.78 is 7.32. The molecule has 0 aromatic carbocycles. The molecule has 1 amide bonds. The van der Waals surface area contributed by atoms with Gasteiger partial charge in [-0.2, -0.15) is 0 Å². The van der Waals surface area contributed by atoms with E-state index in [0.29, 0.717) is 23.9 Å². The zero-order valence-corrected chi connectivity index (χ0v) is 12.8. The van der Waals surface area contributed by atoms with Crippen molar-refractivity contribution in [2.75, 3.05) is 7.05 Å². The van der Waals surface area contributed by atoms with Crippen LogP contribution < -0.4 is 0 Å². The SMILES string of the molecule is CCc1nnc(CN(C)C(=O)c2cn3c(C)cccc3n2)o1. The minimum absolute atomic E-state index is 0.181. The van der Waals surface area contributed by atoms with Crippen LogP contribution in [0.2, 0.25) is 0 Å². The summed E-state index contributed by atoms with van der Waals surface area (Å²) in [6.07, 6.45) is 2.42. The van der Waals surface area contributed by atoms with Gasteiger partial charge in [-0.05, 0) is 19.1 Å². The largest absolute Gasteiger partial charge is 0.423 e. The van der Waals surface area contributed by atoms with Gasteiger partial charge in [0.25, 0.3) is 5.91 Å². The van der Waals surface area contributed by atoms with E-state index in [9.17, 15) is 4.79 Å². The van der Waals surface area contributed by atoms with Crippen molar-refractivity contribution < 1.29 is 9.21 Å². The summed E-state index contributed by atoms with van der Waals surface area (Å²) in [4.78, 5) is 18.3. The van der Waals surface area contributed by atoms with Crippen molar-refractivity contribution in [1.29, 1.82) is 0 Å². The molecule has 0 N–H and O–H groups in total. The van der Waals surface area contributed by atoms with E-state index in [0.717, 1.165) is 11.3 Å². The molecule has 7 nitrogen and oxygen atoms in total. The molecular weight excluding hydrogens is 282 g/mol. The third kappa shape index (κ3) is 2.57. The molecule has 0 saturated carbocycles. The number of aryl methyl sites for hydroxylation is 2. The Morgan fingerprint density at radius 2 is 2.09 bits per heavy atom. The average Bonchev–Trinajstić information content (AvgIpc) is 3.13. The predicted molar refractivity (Wildman–Crippen MR) is 79.4 cm³/mol. The third-order valence-corrected chi connectivity index (χ3v) is 3.45. The van der Waals surface area contributed by atoms with Gasteiger partial charge >= 0.3 is 0 Å². The number of imidazole rings is 1. The molecule has 0 bridgehead atoms. The number of rotatable bonds is 4. The number of nitrogens with zero attached hydrogens (tertiary/aromatic N) is 5. The van der Waals surface area contributed by atoms with E-state index in [4.69, 9.17) is 4.42 Å². The fraction of sp³-hybridized carbons (Fsp3) is 0.333. The van der Waals surface area contributed by atoms with Crippen LogP contribution in [0.1, 0.15) is 34.9 Å². The second-order valence-corrected chi connectivity index (χ2v) is 5.13. The molecule has 3 aromatic heterocycles. The van der Waals surface area contributed by atoms with Crippen LogP contribution in [0.25, 0.3) is 5.65 Å². The molecule has 0 radical (unpaired) electrons. The fourth-order valence-electron chi connectivity index (χ4n) is 2.22. The van der Waals surface area contributed by atoms with Crippen LogP contribution in [0, 0.1) is 6.92 Å². The minimum atomic E-state index is -0.181. The van der Waals surface area contributed by atoms with Crippen molar-refractivity contribution in [3.05, 3.63) is 47.6 Å². The van der Waals surface area contributed by atoms with Gasteiger partial charge in [0.1, 0.15) is 11.3 Å². The van der Waals surface area contributed by atoms with Crippen molar-refractivity contribution in [3.8, 4) is 0 Å². The van der Waals surface area contributed by atoms with E-state index < -0.39 is 0 Å². The van der Waals surface area contributed by atoms with Crippen LogP contribution in [-0.4, -0.2) is 37.4 Å². The first kappa shape index (κ1) is 14.2. The second kappa shape index (κ2) is 5.59. The van der Waals surface area contributed by atoms with E-state index in [2.05, 4.69) is 15.2 Å². The van der Waals surface area contributed by atoms with E-state index in [1.807, 2.05) is 36.4 Å². The maximum Gasteiger partial charge on any atom is 0.274 e. The number of hydrogen-bond acceptors (Lipinski definition) is 5. The van der Waals surface area contributed by atoms with Gasteiger partial charge < -0.3 is 13.7 Å². The van der Waals surface area contributed by atoms with E-state index in [1.54, 1.807) is 13.2 Å². The second-order valence-electron chi connectivity index (χ2n) is 5.13. The molecule has 3 heterocycles. The zero-order valence-electron chi connectivity index (χ0n) is 12.8. The van der Waals surface area contributed by atoms with E-state index in [-0.39, 0.29) is 12.5 Å². The minimum Gasteiger partial charge on any atom is -0.423 e. The average molecular weight is 299 g/mol. The highest BCUT2D eigenvalue weighted by atomic mass is 16.4. The summed E-state index contributed by atoms with van der Waals surface area (Å²) in [5.41, 5.74) is 2.17. The summed E-state index contributed by atoms with van der Waals surface area (Å²) in [7, 11) is 1.69. The summed E-state index contributed by atoms with van der Waals surface area (Å²) in [6, 6.07) is 5.76. The molecule has 3 aromatic rings. The molecular formula is C15H17N5O2. The standard InChI is InChI=1S/C15H17N5O2/c1-4-13-17-18-14(22-13)9-19(3)15(21)11-8-20-10(2)6-5-7-12(20)16-11/h5-8H,4,9H2,1-3H3. The molecule has 0 aliphatic carbocycles. The first-order valence-corrected chi connectivity index (χ1v) is 7.10. The van der Waals surface area contributed by atoms with Gasteiger partial charge in [-0.1, -0.05) is 13.0 Å². The number of hydrogen-bond donors (Lipinski definition) is 0. The number of fused-ring (bicyclic) bond motifs is 1. The Morgan fingerprint density at radius 3 is 2.77 bits per heavy atom. The van der Waals surface area contributed by atoms with Gasteiger partial charge in [0.05, 0.1) is 6.54 Å². The van der Waals surface area contributed by atoms with Gasteiger partial charge in [0.2, 0.25) is 11.8 Å². The van der Waals surface area contributed by atoms with Gasteiger partial charge in [0.15, 0.2) is 0 Å². The molecule has 0 aliphatic heterocycles. The smallest absolute Gasteiger partial charge is 0.274 e. The van der Waals surface area contributed by atoms with Crippen LogP contribution in [0.5, 0.6) is 0 Å². The lowest BCUT2D eigenvalue weighted by atomic mass is 10.4. The molecule has 0 aliphatic rings. The van der Waals surface area contributed by atoms with Crippen LogP contribution in [0.3, 0.4) is 0 Å². The Labute approximate surface area is 127 Å². The Balaban J connectivity index is 1.80. The maximum absolute atomic E-state index is 12.5. The summed E-state index contributed by atoms with van der Waals surface area (Å²) >= 11 is 0. The number of aromatic nitrogens is 4. The van der Waals surface area contributed by atoms with Gasteiger partial charge in [-0.3, -0.25) is 4.79 Å². The molecule has 114 valence electrons. The summed E-state index contributed by atoms with van der Waals surface area (Å²) in [5, 5.41) is 7.82. The van der Waals surface area contributed by atoms with Crippen molar-refractivity contribution in [3.63, 3.8) is 0 Å². The fourth-order valence-corrected chi connectivity index (χ4v) is 2.22. The topological polar surface area (TPSA) is 76.5 Å². The van der Waals surface area contributed by atoms with Crippen LogP contribution in [-0.2, 0) is 13.0 Å². The first-order valence-electron chi connectivity index (χ1n) is 7.10. The maximum atomic E-state index is 12.5. The lowest BCUT2D eigenvalue weighted by Crippen LogP contribution is -2.26.